The van der Waals surface area contributed by atoms with Gasteiger partial charge >= 0.3 is 0 Å². The van der Waals surface area contributed by atoms with Gasteiger partial charge in [-0.3, -0.25) is 0 Å². The lowest BCUT2D eigenvalue weighted by atomic mass is 9.42. The second-order valence-corrected chi connectivity index (χ2v) is 14.7. The van der Waals surface area contributed by atoms with E-state index in [1.54, 1.807) is 6.33 Å². The van der Waals surface area contributed by atoms with E-state index in [1.807, 2.05) is 6.20 Å². The second-order valence-electron chi connectivity index (χ2n) is 14.7. The minimum Gasteiger partial charge on any atom is -0.393 e. The molecule has 210 valence electrons. The Morgan fingerprint density at radius 2 is 1.89 bits per heavy atom. The van der Waals surface area contributed by atoms with E-state index in [1.165, 1.54) is 44.9 Å². The van der Waals surface area contributed by atoms with Crippen LogP contribution in [0, 0.1) is 46.3 Å². The Labute approximate surface area is 226 Å². The molecule has 0 radical (unpaired) electrons. The summed E-state index contributed by atoms with van der Waals surface area (Å²) in [6.45, 7) is 13.1. The molecule has 0 saturated heterocycles. The topological polar surface area (TPSA) is 81.2 Å². The molecule has 1 aromatic rings. The lowest BCUT2D eigenvalue weighted by molar-refractivity contribution is -0.234. The maximum absolute atomic E-state index is 12.4. The van der Waals surface area contributed by atoms with Crippen LogP contribution in [-0.2, 0) is 6.42 Å². The number of aromatic nitrogens is 2. The number of nitrogens with one attached hydrogen (secondary N) is 2. The van der Waals surface area contributed by atoms with Crippen molar-refractivity contribution in [3.05, 3.63) is 18.2 Å². The van der Waals surface area contributed by atoms with Crippen LogP contribution in [0.4, 0.5) is 0 Å². The number of rotatable bonds is 9. The molecule has 4 saturated carbocycles. The van der Waals surface area contributed by atoms with Gasteiger partial charge < -0.3 is 20.5 Å². The maximum Gasteiger partial charge on any atom is 0.0921 e. The van der Waals surface area contributed by atoms with Gasteiger partial charge in [0, 0.05) is 42.7 Å². The fraction of sp³-hybridized carbons (Fsp3) is 0.906. The predicted octanol–water partition coefficient (Wildman–Crippen LogP) is 6.12. The standard InChI is InChI=1S/C32H55N3O2/c1-21(2)7-6-8-22(3)26-9-10-27-25-17-29(34-16-13-23-19-33-20-35-23)32(37)18-24(36)11-15-31(32,5)28(25)12-14-30(26,27)4/h19-22,24-29,34,36-37H,6-18H2,1-5H3,(H,33,35)/t22-,24+,25+,26-,27+,28+,29+,30-,31-,32-/m1/s1. The molecule has 0 aliphatic heterocycles. The third kappa shape index (κ3) is 4.84. The van der Waals surface area contributed by atoms with Gasteiger partial charge in [0.2, 0.25) is 0 Å². The van der Waals surface area contributed by atoms with Crippen LogP contribution in [0.2, 0.25) is 0 Å². The molecule has 4 aliphatic rings. The molecule has 5 rings (SSSR count). The third-order valence-electron chi connectivity index (χ3n) is 12.4. The van der Waals surface area contributed by atoms with Crippen molar-refractivity contribution in [2.24, 2.45) is 46.3 Å². The van der Waals surface area contributed by atoms with Crippen molar-refractivity contribution < 1.29 is 10.2 Å². The number of hydrogen-bond donors (Lipinski definition) is 4. The molecule has 4 N–H and O–H groups in total. The van der Waals surface area contributed by atoms with Gasteiger partial charge in [-0.25, -0.2) is 4.98 Å². The molecule has 0 unspecified atom stereocenters. The number of fused-ring (bicyclic) bond motifs is 5. The molecule has 1 aromatic heterocycles. The predicted molar refractivity (Wildman–Crippen MR) is 150 cm³/mol. The van der Waals surface area contributed by atoms with Crippen molar-refractivity contribution in [1.29, 1.82) is 0 Å². The minimum atomic E-state index is -0.838. The van der Waals surface area contributed by atoms with Crippen molar-refractivity contribution >= 4 is 0 Å². The number of aromatic amines is 1. The van der Waals surface area contributed by atoms with E-state index in [0.29, 0.717) is 23.7 Å². The van der Waals surface area contributed by atoms with Crippen molar-refractivity contribution in [3.63, 3.8) is 0 Å². The summed E-state index contributed by atoms with van der Waals surface area (Å²) in [5.41, 5.74) is 0.618. The zero-order valence-corrected chi connectivity index (χ0v) is 24.3. The van der Waals surface area contributed by atoms with E-state index in [9.17, 15) is 10.2 Å². The Morgan fingerprint density at radius 1 is 1.08 bits per heavy atom. The summed E-state index contributed by atoms with van der Waals surface area (Å²) in [7, 11) is 0. The maximum atomic E-state index is 12.4. The molecule has 4 aliphatic carbocycles. The summed E-state index contributed by atoms with van der Waals surface area (Å²) in [6.07, 6.45) is 16.9. The molecule has 4 fully saturated rings. The summed E-state index contributed by atoms with van der Waals surface area (Å²) < 4.78 is 0. The first-order valence-electron chi connectivity index (χ1n) is 15.7. The Morgan fingerprint density at radius 3 is 2.62 bits per heavy atom. The van der Waals surface area contributed by atoms with Crippen LogP contribution in [0.5, 0.6) is 0 Å². The largest absolute Gasteiger partial charge is 0.393 e. The molecule has 0 amide bonds. The molecule has 1 heterocycles. The number of aliphatic hydroxyl groups is 2. The highest BCUT2D eigenvalue weighted by Crippen LogP contribution is 2.69. The summed E-state index contributed by atoms with van der Waals surface area (Å²) in [5.74, 6) is 4.49. The smallest absolute Gasteiger partial charge is 0.0921 e. The molecular formula is C32H55N3O2. The SMILES string of the molecule is CC(C)CCC[C@@H](C)[C@H]1CC[C@H]2[C@@H]3C[C@H](NCCc4cnc[nH]4)[C@]4(O)C[C@@H](O)CC[C@]4(C)[C@H]3CC[C@]12C. The van der Waals surface area contributed by atoms with E-state index in [2.05, 4.69) is 49.9 Å². The van der Waals surface area contributed by atoms with Crippen LogP contribution in [0.25, 0.3) is 0 Å². The number of H-pyrrole nitrogens is 1. The first kappa shape index (κ1) is 27.6. The highest BCUT2D eigenvalue weighted by atomic mass is 16.3. The van der Waals surface area contributed by atoms with Gasteiger partial charge in [0.25, 0.3) is 0 Å². The third-order valence-corrected chi connectivity index (χ3v) is 12.4. The Kier molecular flexibility index (Phi) is 7.90. The van der Waals surface area contributed by atoms with Gasteiger partial charge in [0.1, 0.15) is 0 Å². The Hall–Kier alpha value is -0.910. The first-order chi connectivity index (χ1) is 17.6. The van der Waals surface area contributed by atoms with E-state index in [0.717, 1.165) is 61.6 Å². The van der Waals surface area contributed by atoms with Crippen LogP contribution >= 0.6 is 0 Å². The van der Waals surface area contributed by atoms with Crippen LogP contribution in [0.1, 0.15) is 111 Å². The van der Waals surface area contributed by atoms with Crippen LogP contribution in [0.3, 0.4) is 0 Å². The molecule has 0 spiro atoms. The second kappa shape index (κ2) is 10.6. The molecule has 0 aromatic carbocycles. The van der Waals surface area contributed by atoms with Crippen LogP contribution in [0.15, 0.2) is 12.5 Å². The number of nitrogens with zero attached hydrogens (tertiary/aromatic N) is 1. The number of imidazole rings is 1. The van der Waals surface area contributed by atoms with Gasteiger partial charge in [0.05, 0.1) is 18.0 Å². The molecule has 5 nitrogen and oxygen atoms in total. The summed E-state index contributed by atoms with van der Waals surface area (Å²) in [4.78, 5) is 7.39. The van der Waals surface area contributed by atoms with Gasteiger partial charge in [-0.05, 0) is 85.9 Å². The Bertz CT molecular complexity index is 889. The highest BCUT2D eigenvalue weighted by molar-refractivity contribution is 5.18. The van der Waals surface area contributed by atoms with Crippen molar-refractivity contribution in [2.75, 3.05) is 6.54 Å². The van der Waals surface area contributed by atoms with Crippen molar-refractivity contribution in [2.45, 2.75) is 129 Å². The van der Waals surface area contributed by atoms with E-state index in [4.69, 9.17) is 0 Å². The van der Waals surface area contributed by atoms with Gasteiger partial charge in [-0.15, -0.1) is 0 Å². The quantitative estimate of drug-likeness (QED) is 0.321. The number of hydrogen-bond acceptors (Lipinski definition) is 4. The molecule has 10 atom stereocenters. The van der Waals surface area contributed by atoms with Crippen molar-refractivity contribution in [3.8, 4) is 0 Å². The van der Waals surface area contributed by atoms with Gasteiger partial charge in [0.15, 0.2) is 0 Å². The van der Waals surface area contributed by atoms with E-state index in [-0.39, 0.29) is 17.6 Å². The van der Waals surface area contributed by atoms with Crippen LogP contribution in [-0.4, -0.2) is 44.5 Å². The Balaban J connectivity index is 1.36. The molecular weight excluding hydrogens is 458 g/mol. The van der Waals surface area contributed by atoms with E-state index >= 15 is 0 Å². The summed E-state index contributed by atoms with van der Waals surface area (Å²) in [5, 5.41) is 27.0. The fourth-order valence-electron chi connectivity index (χ4n) is 10.4. The molecule has 0 bridgehead atoms. The van der Waals surface area contributed by atoms with Crippen LogP contribution < -0.4 is 5.32 Å². The molecule has 37 heavy (non-hydrogen) atoms. The first-order valence-corrected chi connectivity index (χ1v) is 15.7. The lowest BCUT2D eigenvalue weighted by Crippen LogP contribution is -2.71. The average Bonchev–Trinajstić information content (AvgIpc) is 3.48. The lowest BCUT2D eigenvalue weighted by Gasteiger charge is -2.66. The summed E-state index contributed by atoms with van der Waals surface area (Å²) >= 11 is 0. The minimum absolute atomic E-state index is 0.0430. The summed E-state index contributed by atoms with van der Waals surface area (Å²) in [6, 6.07) is 0.0430. The highest BCUT2D eigenvalue weighted by Gasteiger charge is 2.67. The van der Waals surface area contributed by atoms with Gasteiger partial charge in [-0.2, -0.15) is 0 Å². The normalized spacial score (nSPS) is 44.3. The monoisotopic (exact) mass is 513 g/mol. The zero-order chi connectivity index (χ0) is 26.4. The van der Waals surface area contributed by atoms with Gasteiger partial charge in [-0.1, -0.05) is 53.9 Å². The fourth-order valence-corrected chi connectivity index (χ4v) is 10.4. The average molecular weight is 514 g/mol. The zero-order valence-electron chi connectivity index (χ0n) is 24.3. The number of aliphatic hydroxyl groups excluding tert-OH is 1. The van der Waals surface area contributed by atoms with Crippen molar-refractivity contribution in [1.82, 2.24) is 15.3 Å². The molecule has 5 heteroatoms. The van der Waals surface area contributed by atoms with E-state index < -0.39 is 5.60 Å².